The van der Waals surface area contributed by atoms with Gasteiger partial charge in [0, 0.05) is 0 Å². The Morgan fingerprint density at radius 3 is 2.50 bits per heavy atom. The number of likely N-dealkylation sites (N-methyl/N-ethyl adjacent to an activating group) is 1. The predicted molar refractivity (Wildman–Crippen MR) is 27.8 cm³/mol. The lowest BCUT2D eigenvalue weighted by atomic mass is 10.1. The lowest BCUT2D eigenvalue weighted by Gasteiger charge is -2.29. The zero-order chi connectivity index (χ0) is 6.15. The molecule has 1 aliphatic rings. The van der Waals surface area contributed by atoms with Gasteiger partial charge in [0.1, 0.15) is 0 Å². The molecule has 2 atom stereocenters. The molecule has 0 aromatic heterocycles. The lowest BCUT2D eigenvalue weighted by molar-refractivity contribution is -0.938. The minimum absolute atomic E-state index is 0.116. The number of likely N-dealkylation sites (tertiary alicyclic amines) is 1. The van der Waals surface area contributed by atoms with Gasteiger partial charge >= 0.3 is 5.97 Å². The second-order valence-corrected chi connectivity index (χ2v) is 2.28. The third kappa shape index (κ3) is 0.690. The molecule has 0 radical (unpaired) electrons. The maximum absolute atomic E-state index is 10.2. The molecule has 0 aromatic rings. The number of nitrogens with one attached hydrogen (secondary N) is 1. The van der Waals surface area contributed by atoms with Gasteiger partial charge in [-0.05, 0) is 0 Å². The fourth-order valence-corrected chi connectivity index (χ4v) is 0.912. The molecule has 1 aliphatic heterocycles. The molecule has 2 unspecified atom stereocenters. The van der Waals surface area contributed by atoms with E-state index in [0.717, 1.165) is 17.9 Å². The molecule has 2 N–H and O–H groups in total. The molecular weight excluding hydrogens is 106 g/mol. The van der Waals surface area contributed by atoms with E-state index >= 15 is 0 Å². The molecule has 1 rings (SSSR count). The minimum Gasteiger partial charge on any atom is -0.477 e. The van der Waals surface area contributed by atoms with Crippen LogP contribution in [0.2, 0.25) is 0 Å². The fourth-order valence-electron chi connectivity index (χ4n) is 0.912. The summed E-state index contributed by atoms with van der Waals surface area (Å²) in [6.45, 7) is 1.01. The summed E-state index contributed by atoms with van der Waals surface area (Å²) in [7, 11) is 1.91. The second-order valence-electron chi connectivity index (χ2n) is 2.28. The molecule has 0 amide bonds. The molecule has 3 nitrogen and oxygen atoms in total. The second kappa shape index (κ2) is 1.74. The van der Waals surface area contributed by atoms with E-state index < -0.39 is 5.97 Å². The molecule has 0 aromatic carbocycles. The van der Waals surface area contributed by atoms with Crippen LogP contribution in [0.25, 0.3) is 0 Å². The van der Waals surface area contributed by atoms with E-state index in [2.05, 4.69) is 0 Å². The van der Waals surface area contributed by atoms with Crippen LogP contribution in [0, 0.1) is 0 Å². The van der Waals surface area contributed by atoms with Crippen molar-refractivity contribution in [3.05, 3.63) is 0 Å². The molecule has 0 saturated carbocycles. The monoisotopic (exact) mass is 116 g/mol. The highest BCUT2D eigenvalue weighted by atomic mass is 16.4. The van der Waals surface area contributed by atoms with Crippen LogP contribution >= 0.6 is 0 Å². The fraction of sp³-hybridized carbons (Fsp3) is 0.800. The third-order valence-corrected chi connectivity index (χ3v) is 1.72. The summed E-state index contributed by atoms with van der Waals surface area (Å²) in [5, 5.41) is 8.38. The number of quaternary nitrogens is 1. The molecule has 1 saturated heterocycles. The first-order valence-corrected chi connectivity index (χ1v) is 2.77. The van der Waals surface area contributed by atoms with Gasteiger partial charge in [-0.1, -0.05) is 0 Å². The molecule has 0 bridgehead atoms. The third-order valence-electron chi connectivity index (χ3n) is 1.72. The van der Waals surface area contributed by atoms with Crippen molar-refractivity contribution in [1.29, 1.82) is 0 Å². The van der Waals surface area contributed by atoms with E-state index in [9.17, 15) is 4.79 Å². The summed E-state index contributed by atoms with van der Waals surface area (Å²) in [4.78, 5) is 11.3. The zero-order valence-corrected chi connectivity index (χ0v) is 4.85. The highest BCUT2D eigenvalue weighted by Crippen LogP contribution is 1.92. The first-order chi connectivity index (χ1) is 3.72. The highest BCUT2D eigenvalue weighted by Gasteiger charge is 2.35. The minimum atomic E-state index is -0.659. The summed E-state index contributed by atoms with van der Waals surface area (Å²) in [6.07, 6.45) is 0.848. The molecule has 8 heavy (non-hydrogen) atoms. The van der Waals surface area contributed by atoms with Crippen LogP contribution < -0.4 is 4.90 Å². The summed E-state index contributed by atoms with van der Waals surface area (Å²) in [5.74, 6) is -0.659. The number of hydrogen-bond donors (Lipinski definition) is 2. The Balaban J connectivity index is 2.37. The van der Waals surface area contributed by atoms with E-state index in [1.807, 2.05) is 7.05 Å². The van der Waals surface area contributed by atoms with E-state index in [1.54, 1.807) is 0 Å². The van der Waals surface area contributed by atoms with Crippen LogP contribution in [0.1, 0.15) is 6.42 Å². The average molecular weight is 116 g/mol. The van der Waals surface area contributed by atoms with Crippen LogP contribution in [-0.4, -0.2) is 30.7 Å². The van der Waals surface area contributed by atoms with E-state index in [0.29, 0.717) is 0 Å². The molecule has 46 valence electrons. The smallest absolute Gasteiger partial charge is 0.362 e. The van der Waals surface area contributed by atoms with Gasteiger partial charge in [0.2, 0.25) is 0 Å². The normalized spacial score (nSPS) is 36.1. The quantitative estimate of drug-likeness (QED) is 0.431. The van der Waals surface area contributed by atoms with Gasteiger partial charge < -0.3 is 10.0 Å². The van der Waals surface area contributed by atoms with Crippen molar-refractivity contribution < 1.29 is 14.8 Å². The maximum Gasteiger partial charge on any atom is 0.362 e. The maximum atomic E-state index is 10.2. The standard InChI is InChI=1S/C5H9NO2/c1-6-3-2-4(6)5(7)8/h4H,2-3H2,1H3,(H,7,8)/p+1. The van der Waals surface area contributed by atoms with E-state index in [4.69, 9.17) is 5.11 Å². The zero-order valence-electron chi connectivity index (χ0n) is 4.85. The number of carbonyl (C=O) groups is 1. The van der Waals surface area contributed by atoms with Crippen molar-refractivity contribution >= 4 is 5.97 Å². The van der Waals surface area contributed by atoms with Crippen molar-refractivity contribution in [3.8, 4) is 0 Å². The molecule has 1 heterocycles. The Hall–Kier alpha value is -0.570. The van der Waals surface area contributed by atoms with Gasteiger partial charge in [-0.15, -0.1) is 0 Å². The van der Waals surface area contributed by atoms with Gasteiger partial charge in [-0.25, -0.2) is 4.79 Å². The van der Waals surface area contributed by atoms with Gasteiger partial charge in [-0.2, -0.15) is 0 Å². The number of carboxylic acids is 1. The molecular formula is C5H10NO2+. The Labute approximate surface area is 47.9 Å². The average Bonchev–Trinajstić information content (AvgIpc) is 1.61. The highest BCUT2D eigenvalue weighted by molar-refractivity contribution is 5.72. The lowest BCUT2D eigenvalue weighted by Crippen LogP contribution is -3.20. The van der Waals surface area contributed by atoms with Crippen LogP contribution in [0.3, 0.4) is 0 Å². The Morgan fingerprint density at radius 1 is 1.88 bits per heavy atom. The summed E-state index contributed by atoms with van der Waals surface area (Å²) < 4.78 is 0. The van der Waals surface area contributed by atoms with E-state index in [1.165, 1.54) is 0 Å². The Bertz CT molecular complexity index is 113. The molecule has 1 fully saturated rings. The summed E-state index contributed by atoms with van der Waals surface area (Å²) in [5.41, 5.74) is 0. The van der Waals surface area contributed by atoms with Gasteiger partial charge in [-0.3, -0.25) is 0 Å². The SMILES string of the molecule is C[NH+]1CCC1C(=O)O. The number of rotatable bonds is 1. The van der Waals surface area contributed by atoms with Crippen molar-refractivity contribution in [2.45, 2.75) is 12.5 Å². The Morgan fingerprint density at radius 2 is 2.50 bits per heavy atom. The van der Waals surface area contributed by atoms with Gasteiger partial charge in [0.25, 0.3) is 0 Å². The first kappa shape index (κ1) is 5.56. The summed E-state index contributed by atoms with van der Waals surface area (Å²) in [6, 6.07) is -0.116. The molecule has 0 spiro atoms. The first-order valence-electron chi connectivity index (χ1n) is 2.77. The molecule has 3 heteroatoms. The molecule has 0 aliphatic carbocycles. The van der Waals surface area contributed by atoms with Crippen LogP contribution in [-0.2, 0) is 4.79 Å². The number of carboxylic acid groups (broad SMARTS) is 1. The topological polar surface area (TPSA) is 41.7 Å². The van der Waals surface area contributed by atoms with Crippen molar-refractivity contribution in [3.63, 3.8) is 0 Å². The van der Waals surface area contributed by atoms with Crippen LogP contribution in [0.4, 0.5) is 0 Å². The van der Waals surface area contributed by atoms with Crippen molar-refractivity contribution in [2.24, 2.45) is 0 Å². The number of aliphatic carboxylic acids is 1. The van der Waals surface area contributed by atoms with Crippen LogP contribution in [0.5, 0.6) is 0 Å². The van der Waals surface area contributed by atoms with Crippen molar-refractivity contribution in [2.75, 3.05) is 13.6 Å². The Kier molecular flexibility index (Phi) is 1.21. The van der Waals surface area contributed by atoms with Crippen molar-refractivity contribution in [1.82, 2.24) is 0 Å². The summed E-state index contributed by atoms with van der Waals surface area (Å²) >= 11 is 0. The van der Waals surface area contributed by atoms with Crippen LogP contribution in [0.15, 0.2) is 0 Å². The van der Waals surface area contributed by atoms with E-state index in [-0.39, 0.29) is 6.04 Å². The largest absolute Gasteiger partial charge is 0.477 e. The van der Waals surface area contributed by atoms with Gasteiger partial charge in [0.15, 0.2) is 6.04 Å². The predicted octanol–water partition coefficient (Wildman–Crippen LogP) is -1.64. The number of hydrogen-bond acceptors (Lipinski definition) is 1. The van der Waals surface area contributed by atoms with Gasteiger partial charge in [0.05, 0.1) is 20.0 Å².